The zero-order chi connectivity index (χ0) is 50.9. The lowest BCUT2D eigenvalue weighted by molar-refractivity contribution is -0.387. The third kappa shape index (κ3) is 8.53. The molecule has 30 atom stereocenters. The number of ether oxygens (including phenoxy) is 10. The Morgan fingerprint density at radius 3 is 2.11 bits per heavy atom. The minimum absolute atomic E-state index is 0.00248. The van der Waals surface area contributed by atoms with Crippen LogP contribution in [0.25, 0.3) is 0 Å². The van der Waals surface area contributed by atoms with Crippen LogP contribution in [0.15, 0.2) is 11.6 Å². The lowest BCUT2D eigenvalue weighted by Gasteiger charge is -2.61. The van der Waals surface area contributed by atoms with Crippen LogP contribution in [0.1, 0.15) is 66.2 Å². The molecule has 6 saturated heterocycles. The predicted molar refractivity (Wildman–Crippen MR) is 234 cm³/mol. The number of hydrogen-bond acceptors (Lipinski definition) is 23. The monoisotopic (exact) mass is 1020 g/mol. The molecule has 3 saturated carbocycles. The van der Waals surface area contributed by atoms with Gasteiger partial charge in [-0.1, -0.05) is 32.4 Å². The van der Waals surface area contributed by atoms with Gasteiger partial charge in [0.25, 0.3) is 0 Å². The van der Waals surface area contributed by atoms with Crippen molar-refractivity contribution >= 4 is 0 Å². The van der Waals surface area contributed by atoms with Gasteiger partial charge < -0.3 is 114 Å². The molecule has 6 aliphatic heterocycles. The second kappa shape index (κ2) is 19.7. The molecule has 4 aliphatic carbocycles. The first-order chi connectivity index (χ1) is 33.6. The molecule has 0 radical (unpaired) electrons. The van der Waals surface area contributed by atoms with Crippen LogP contribution < -0.4 is 0 Å². The molecule has 6 heterocycles. The van der Waals surface area contributed by atoms with E-state index in [4.69, 9.17) is 47.4 Å². The van der Waals surface area contributed by atoms with E-state index in [0.717, 1.165) is 18.4 Å². The third-order valence-electron chi connectivity index (χ3n) is 19.0. The largest absolute Gasteiger partial charge is 0.396 e. The van der Waals surface area contributed by atoms with Crippen LogP contribution in [0.2, 0.25) is 0 Å². The molecule has 0 amide bonds. The van der Waals surface area contributed by atoms with Crippen LogP contribution in [-0.4, -0.2) is 240 Å². The van der Waals surface area contributed by atoms with E-state index in [1.807, 2.05) is 0 Å². The third-order valence-corrected chi connectivity index (χ3v) is 19.0. The number of fused-ring (bicyclic) bond motifs is 7. The van der Waals surface area contributed by atoms with Gasteiger partial charge >= 0.3 is 0 Å². The van der Waals surface area contributed by atoms with Crippen LogP contribution in [-0.2, 0) is 47.4 Å². The van der Waals surface area contributed by atoms with E-state index in [1.165, 1.54) is 6.92 Å². The average Bonchev–Trinajstić information content (AvgIpc) is 3.94. The molecule has 71 heavy (non-hydrogen) atoms. The van der Waals surface area contributed by atoms with Gasteiger partial charge in [0.2, 0.25) is 5.79 Å². The molecule has 23 nitrogen and oxygen atoms in total. The van der Waals surface area contributed by atoms with Gasteiger partial charge in [-0.05, 0) is 62.2 Å². The molecular weight excluding hydrogens is 945 g/mol. The van der Waals surface area contributed by atoms with Crippen LogP contribution in [0.4, 0.5) is 0 Å². The van der Waals surface area contributed by atoms with E-state index in [1.54, 1.807) is 6.92 Å². The summed E-state index contributed by atoms with van der Waals surface area (Å²) in [6, 6.07) is 0. The Labute approximate surface area is 411 Å². The fraction of sp³-hybridized carbons (Fsp3) is 0.958. The van der Waals surface area contributed by atoms with E-state index >= 15 is 0 Å². The smallest absolute Gasteiger partial charge is 0.202 e. The van der Waals surface area contributed by atoms with E-state index < -0.39 is 166 Å². The molecule has 0 aromatic carbocycles. The summed E-state index contributed by atoms with van der Waals surface area (Å²) in [6.45, 7) is 5.26. The zero-order valence-corrected chi connectivity index (χ0v) is 40.5. The molecule has 10 aliphatic rings. The fourth-order valence-corrected chi connectivity index (χ4v) is 14.9. The van der Waals surface area contributed by atoms with Crippen molar-refractivity contribution in [2.24, 2.45) is 46.3 Å². The Hall–Kier alpha value is -1.18. The second-order valence-electron chi connectivity index (χ2n) is 22.9. The SMILES string of the molecule is C[C@@H]1O[C@@H](O[C@H]2[C@H](O[C@@H]3C[C@H](O)CC4=CC[C@H]5[C@@H]6C[C@@H]7O[C@@]8(OC[C@H](C)C(O)C8O)[C@@H](CO)[C@@H]7[C@@]6(C)CC[C@@H]5[C@]43C)OC[C@H](O)[C@@H]2O[C@@H]2OC[C@@H](O)[C@H](O)[C@H]2O)[C@H](O)[C@H](O[C@@H]2OC[C@](O)(CO)[C@H]2O)[C@H]1O. The summed E-state index contributed by atoms with van der Waals surface area (Å²) in [5.74, 6) is -2.43. The molecule has 406 valence electrons. The highest BCUT2D eigenvalue weighted by molar-refractivity contribution is 5.29. The number of hydrogen-bond donors (Lipinski definition) is 13. The lowest BCUT2D eigenvalue weighted by Crippen LogP contribution is -2.65. The number of aliphatic hydroxyl groups is 13. The minimum atomic E-state index is -2.09. The van der Waals surface area contributed by atoms with Crippen LogP contribution in [0.3, 0.4) is 0 Å². The van der Waals surface area contributed by atoms with Gasteiger partial charge in [-0.3, -0.25) is 0 Å². The summed E-state index contributed by atoms with van der Waals surface area (Å²) < 4.78 is 61.8. The first-order valence-corrected chi connectivity index (χ1v) is 25.5. The summed E-state index contributed by atoms with van der Waals surface area (Å²) >= 11 is 0. The predicted octanol–water partition coefficient (Wildman–Crippen LogP) is -4.16. The van der Waals surface area contributed by atoms with Crippen molar-refractivity contribution in [3.05, 3.63) is 11.6 Å². The van der Waals surface area contributed by atoms with Gasteiger partial charge in [0.15, 0.2) is 25.2 Å². The van der Waals surface area contributed by atoms with Crippen molar-refractivity contribution in [1.82, 2.24) is 0 Å². The molecule has 10 rings (SSSR count). The van der Waals surface area contributed by atoms with Crippen molar-refractivity contribution in [3.63, 3.8) is 0 Å². The Bertz CT molecular complexity index is 1920. The van der Waals surface area contributed by atoms with Crippen LogP contribution in [0, 0.1) is 46.3 Å². The standard InChI is InChI=1S/C48H76O23/c1-18-13-65-48(39(59)31(18)54)25(12-49)30-28(71-48)11-24-22-6-5-20-9-21(51)10-29(46(20,4)23(22)7-8-45(24,30)3)67-43-38(36(27(53)15-63-43)68-41-34(57)33(56)26(52)14-62-41)70-42-35(58)37(32(55)19(2)66-42)69-44-40(60)47(61,16-50)17-64-44/h5,18-19,21-44,49-61H,6-17H2,1-4H3/t18-,19-,21+,22+,23-,24-,25-,26+,27-,28-,29+,30-,31?,32-,33-,34+,35+,36-,37+,38+,39?,40-,41-,42-,43-,44-,45-,46-,47+,48-/m0/s1. The van der Waals surface area contributed by atoms with E-state index in [0.29, 0.717) is 19.3 Å². The van der Waals surface area contributed by atoms with Crippen molar-refractivity contribution < 1.29 is 114 Å². The Morgan fingerprint density at radius 2 is 1.39 bits per heavy atom. The Kier molecular flexibility index (Phi) is 14.8. The molecule has 0 aromatic heterocycles. The van der Waals surface area contributed by atoms with Crippen molar-refractivity contribution in [3.8, 4) is 0 Å². The average molecular weight is 1020 g/mol. The van der Waals surface area contributed by atoms with E-state index in [2.05, 4.69) is 19.9 Å². The van der Waals surface area contributed by atoms with Crippen molar-refractivity contribution in [1.29, 1.82) is 0 Å². The molecular formula is C48H76O23. The lowest BCUT2D eigenvalue weighted by atomic mass is 9.46. The van der Waals surface area contributed by atoms with Gasteiger partial charge in [0, 0.05) is 29.6 Å². The molecule has 0 aromatic rings. The van der Waals surface area contributed by atoms with Gasteiger partial charge in [0.1, 0.15) is 72.7 Å². The number of aliphatic hydroxyl groups excluding tert-OH is 12. The molecule has 0 bridgehead atoms. The summed E-state index contributed by atoms with van der Waals surface area (Å²) in [6.07, 6.45) is -22.7. The minimum Gasteiger partial charge on any atom is -0.396 e. The Morgan fingerprint density at radius 1 is 0.690 bits per heavy atom. The highest BCUT2D eigenvalue weighted by Gasteiger charge is 2.73. The maximum atomic E-state index is 11.8. The molecule has 9 fully saturated rings. The summed E-state index contributed by atoms with van der Waals surface area (Å²) in [7, 11) is 0. The van der Waals surface area contributed by atoms with Crippen LogP contribution in [0.5, 0.6) is 0 Å². The summed E-state index contributed by atoms with van der Waals surface area (Å²) in [4.78, 5) is 0. The molecule has 13 N–H and O–H groups in total. The molecule has 1 spiro atoms. The van der Waals surface area contributed by atoms with Gasteiger partial charge in [0.05, 0.1) is 70.2 Å². The van der Waals surface area contributed by atoms with Gasteiger partial charge in [-0.2, -0.15) is 0 Å². The first-order valence-electron chi connectivity index (χ1n) is 25.5. The van der Waals surface area contributed by atoms with Gasteiger partial charge in [-0.25, -0.2) is 0 Å². The molecule has 2 unspecified atom stereocenters. The van der Waals surface area contributed by atoms with Gasteiger partial charge in [-0.15, -0.1) is 0 Å². The highest BCUT2D eigenvalue weighted by Crippen LogP contribution is 2.71. The highest BCUT2D eigenvalue weighted by atomic mass is 16.8. The number of allylic oxidation sites excluding steroid dienone is 1. The van der Waals surface area contributed by atoms with Crippen LogP contribution >= 0.6 is 0 Å². The topological polar surface area (TPSA) is 355 Å². The van der Waals surface area contributed by atoms with Crippen molar-refractivity contribution in [2.45, 2.75) is 200 Å². The van der Waals surface area contributed by atoms with Crippen molar-refractivity contribution in [2.75, 3.05) is 39.6 Å². The molecule has 23 heteroatoms. The quantitative estimate of drug-likeness (QED) is 0.0924. The maximum Gasteiger partial charge on any atom is 0.202 e. The summed E-state index contributed by atoms with van der Waals surface area (Å²) in [5, 5.41) is 143. The maximum absolute atomic E-state index is 11.8. The fourth-order valence-electron chi connectivity index (χ4n) is 14.9. The summed E-state index contributed by atoms with van der Waals surface area (Å²) in [5.41, 5.74) is -2.15. The first kappa shape index (κ1) is 53.2. The van der Waals surface area contributed by atoms with E-state index in [-0.39, 0.29) is 60.7 Å². The zero-order valence-electron chi connectivity index (χ0n) is 40.5. The normalized spacial score (nSPS) is 58.2. The second-order valence-corrected chi connectivity index (χ2v) is 22.9. The Balaban J connectivity index is 0.933. The van der Waals surface area contributed by atoms with E-state index in [9.17, 15) is 66.4 Å². The number of rotatable bonds is 10.